The van der Waals surface area contributed by atoms with Crippen LogP contribution in [0.15, 0.2) is 55.2 Å². The van der Waals surface area contributed by atoms with Crippen LogP contribution >= 0.6 is 0 Å². The average molecular weight is 367 g/mol. The van der Waals surface area contributed by atoms with Crippen molar-refractivity contribution in [2.45, 2.75) is 26.4 Å². The maximum absolute atomic E-state index is 12.2. The monoisotopic (exact) mass is 367 g/mol. The number of nitrogens with zero attached hydrogens (tertiary/aromatic N) is 4. The molecule has 0 radical (unpaired) electrons. The summed E-state index contributed by atoms with van der Waals surface area (Å²) in [5.41, 5.74) is 0.880. The Morgan fingerprint density at radius 3 is 2.70 bits per heavy atom. The normalized spacial score (nSPS) is 11.6. The Morgan fingerprint density at radius 2 is 2.00 bits per heavy atom. The van der Waals surface area contributed by atoms with Gasteiger partial charge in [-0.3, -0.25) is 4.79 Å². The molecule has 1 atom stereocenters. The van der Waals surface area contributed by atoms with Crippen molar-refractivity contribution in [2.24, 2.45) is 0 Å². The van der Waals surface area contributed by atoms with Gasteiger partial charge in [0.15, 0.2) is 0 Å². The van der Waals surface area contributed by atoms with E-state index < -0.39 is 6.04 Å². The van der Waals surface area contributed by atoms with Crippen LogP contribution in [0.2, 0.25) is 0 Å². The van der Waals surface area contributed by atoms with E-state index in [2.05, 4.69) is 20.4 Å². The minimum atomic E-state index is -0.436. The minimum absolute atomic E-state index is 0.147. The highest BCUT2D eigenvalue weighted by Gasteiger charge is 2.15. The molecule has 0 saturated carbocycles. The molecular weight excluding hydrogens is 346 g/mol. The number of hydrogen-bond donors (Lipinski definition) is 1. The Bertz CT molecular complexity index is 865. The first kappa shape index (κ1) is 18.4. The third kappa shape index (κ3) is 5.04. The van der Waals surface area contributed by atoms with Crippen molar-refractivity contribution in [2.75, 3.05) is 6.61 Å². The lowest BCUT2D eigenvalue weighted by Crippen LogP contribution is -2.30. The summed E-state index contributed by atoms with van der Waals surface area (Å²) in [6.07, 6.45) is 4.56. The van der Waals surface area contributed by atoms with Gasteiger partial charge in [-0.25, -0.2) is 14.6 Å². The zero-order valence-electron chi connectivity index (χ0n) is 15.2. The molecule has 0 aliphatic rings. The van der Waals surface area contributed by atoms with Crippen molar-refractivity contribution in [1.29, 1.82) is 0 Å². The molecule has 1 amide bonds. The Hall–Kier alpha value is -3.42. The molecule has 0 unspecified atom stereocenters. The number of rotatable bonds is 8. The molecule has 0 bridgehead atoms. The lowest BCUT2D eigenvalue weighted by atomic mass is 10.2. The highest BCUT2D eigenvalue weighted by molar-refractivity contribution is 5.79. The van der Waals surface area contributed by atoms with Gasteiger partial charge in [0.1, 0.15) is 30.2 Å². The molecule has 0 fully saturated rings. The highest BCUT2D eigenvalue weighted by Crippen LogP contribution is 2.23. The molecule has 3 rings (SSSR count). The van der Waals surface area contributed by atoms with Gasteiger partial charge < -0.3 is 14.8 Å². The summed E-state index contributed by atoms with van der Waals surface area (Å²) in [7, 11) is 0. The Balaban J connectivity index is 1.57. The Morgan fingerprint density at radius 1 is 1.22 bits per heavy atom. The van der Waals surface area contributed by atoms with Crippen LogP contribution in [0.4, 0.5) is 0 Å². The first-order chi connectivity index (χ1) is 13.2. The minimum Gasteiger partial charge on any atom is -0.494 e. The van der Waals surface area contributed by atoms with Gasteiger partial charge in [0.05, 0.1) is 6.61 Å². The van der Waals surface area contributed by atoms with Crippen LogP contribution in [0.3, 0.4) is 0 Å². The number of ether oxygens (including phenoxy) is 2. The van der Waals surface area contributed by atoms with Gasteiger partial charge in [-0.05, 0) is 49.7 Å². The van der Waals surface area contributed by atoms with E-state index in [4.69, 9.17) is 9.47 Å². The number of carbonyl (C=O) groups excluding carboxylic acids is 1. The van der Waals surface area contributed by atoms with E-state index in [-0.39, 0.29) is 5.91 Å². The predicted octanol–water partition coefficient (Wildman–Crippen LogP) is 2.74. The molecule has 0 aliphatic heterocycles. The van der Waals surface area contributed by atoms with E-state index in [0.717, 1.165) is 11.3 Å². The number of nitrogens with one attached hydrogen (secondary N) is 1. The van der Waals surface area contributed by atoms with E-state index in [0.29, 0.717) is 24.8 Å². The van der Waals surface area contributed by atoms with E-state index >= 15 is 0 Å². The van der Waals surface area contributed by atoms with E-state index in [1.165, 1.54) is 17.3 Å². The summed E-state index contributed by atoms with van der Waals surface area (Å²) in [5.74, 6) is 1.75. The van der Waals surface area contributed by atoms with Gasteiger partial charge in [0, 0.05) is 18.8 Å². The van der Waals surface area contributed by atoms with Crippen LogP contribution in [-0.4, -0.2) is 32.3 Å². The smallest absolute Gasteiger partial charge is 0.244 e. The van der Waals surface area contributed by atoms with Gasteiger partial charge in [-0.15, -0.1) is 0 Å². The molecule has 2 aromatic heterocycles. The highest BCUT2D eigenvalue weighted by atomic mass is 16.5. The van der Waals surface area contributed by atoms with Crippen molar-refractivity contribution in [3.05, 3.63) is 60.8 Å². The lowest BCUT2D eigenvalue weighted by molar-refractivity contribution is -0.124. The van der Waals surface area contributed by atoms with Crippen LogP contribution in [0.1, 0.15) is 25.5 Å². The lowest BCUT2D eigenvalue weighted by Gasteiger charge is -2.12. The van der Waals surface area contributed by atoms with Crippen molar-refractivity contribution < 1.29 is 14.3 Å². The summed E-state index contributed by atoms with van der Waals surface area (Å²) in [5, 5.41) is 6.85. The number of amides is 1. The largest absolute Gasteiger partial charge is 0.494 e. The van der Waals surface area contributed by atoms with Gasteiger partial charge in [-0.1, -0.05) is 0 Å². The summed E-state index contributed by atoms with van der Waals surface area (Å²) < 4.78 is 12.7. The fourth-order valence-electron chi connectivity index (χ4n) is 2.38. The molecule has 2 heterocycles. The van der Waals surface area contributed by atoms with Crippen LogP contribution in [-0.2, 0) is 11.3 Å². The first-order valence-corrected chi connectivity index (χ1v) is 8.63. The van der Waals surface area contributed by atoms with E-state index in [9.17, 15) is 4.79 Å². The van der Waals surface area contributed by atoms with Gasteiger partial charge >= 0.3 is 0 Å². The van der Waals surface area contributed by atoms with Crippen molar-refractivity contribution >= 4 is 5.91 Å². The second-order valence-corrected chi connectivity index (χ2v) is 5.78. The zero-order chi connectivity index (χ0) is 19.1. The number of hydrogen-bond acceptors (Lipinski definition) is 6. The fourth-order valence-corrected chi connectivity index (χ4v) is 2.38. The summed E-state index contributed by atoms with van der Waals surface area (Å²) in [6, 6.07) is 10.5. The molecule has 0 saturated heterocycles. The standard InChI is InChI=1S/C19H21N5O3/c1-3-26-16-4-6-17(7-5-16)27-18-10-15(8-9-21-18)11-22-19(25)14(2)24-13-20-12-23-24/h4-10,12-14H,3,11H2,1-2H3,(H,22,25)/t14-/m0/s1. The molecule has 140 valence electrons. The molecule has 1 N–H and O–H groups in total. The van der Waals surface area contributed by atoms with Crippen molar-refractivity contribution in [3.63, 3.8) is 0 Å². The van der Waals surface area contributed by atoms with Crippen LogP contribution in [0.5, 0.6) is 17.4 Å². The number of aromatic nitrogens is 4. The summed E-state index contributed by atoms with van der Waals surface area (Å²) in [4.78, 5) is 20.3. The second kappa shape index (κ2) is 8.79. The summed E-state index contributed by atoms with van der Waals surface area (Å²) >= 11 is 0. The number of benzene rings is 1. The second-order valence-electron chi connectivity index (χ2n) is 5.78. The van der Waals surface area contributed by atoms with Crippen LogP contribution in [0.25, 0.3) is 0 Å². The molecule has 8 nitrogen and oxygen atoms in total. The molecule has 27 heavy (non-hydrogen) atoms. The van der Waals surface area contributed by atoms with Crippen LogP contribution in [0, 0.1) is 0 Å². The predicted molar refractivity (Wildman–Crippen MR) is 98.5 cm³/mol. The van der Waals surface area contributed by atoms with E-state index in [1.807, 2.05) is 37.3 Å². The molecular formula is C19H21N5O3. The molecule has 8 heteroatoms. The fraction of sp³-hybridized carbons (Fsp3) is 0.263. The molecule has 3 aromatic rings. The Kier molecular flexibility index (Phi) is 5.98. The SMILES string of the molecule is CCOc1ccc(Oc2cc(CNC(=O)[C@H](C)n3cncn3)ccn2)cc1. The van der Waals surface area contributed by atoms with Crippen molar-refractivity contribution in [1.82, 2.24) is 25.1 Å². The molecule has 0 spiro atoms. The van der Waals surface area contributed by atoms with Crippen molar-refractivity contribution in [3.8, 4) is 17.4 Å². The maximum Gasteiger partial charge on any atom is 0.244 e. The van der Waals surface area contributed by atoms with Gasteiger partial charge in [0.2, 0.25) is 11.8 Å². The number of pyridine rings is 1. The van der Waals surface area contributed by atoms with Gasteiger partial charge in [-0.2, -0.15) is 5.10 Å². The Labute approximate surface area is 157 Å². The quantitative estimate of drug-likeness (QED) is 0.658. The third-order valence-electron chi connectivity index (χ3n) is 3.84. The summed E-state index contributed by atoms with van der Waals surface area (Å²) in [6.45, 7) is 4.67. The topological polar surface area (TPSA) is 91.2 Å². The average Bonchev–Trinajstić information content (AvgIpc) is 3.22. The van der Waals surface area contributed by atoms with Gasteiger partial charge in [0.25, 0.3) is 0 Å². The molecule has 0 aliphatic carbocycles. The van der Waals surface area contributed by atoms with E-state index in [1.54, 1.807) is 19.2 Å². The third-order valence-corrected chi connectivity index (χ3v) is 3.84. The first-order valence-electron chi connectivity index (χ1n) is 8.63. The zero-order valence-corrected chi connectivity index (χ0v) is 15.2. The number of carbonyl (C=O) groups is 1. The molecule has 1 aromatic carbocycles. The maximum atomic E-state index is 12.2. The van der Waals surface area contributed by atoms with Crippen LogP contribution < -0.4 is 14.8 Å².